The normalized spacial score (nSPS) is 47.1. The third-order valence-corrected chi connectivity index (χ3v) is 11.3. The second kappa shape index (κ2) is 8.34. The number of fused-ring (bicyclic) bond motifs is 5. The molecule has 0 amide bonds. The van der Waals surface area contributed by atoms with Gasteiger partial charge in [-0.3, -0.25) is 4.79 Å². The summed E-state index contributed by atoms with van der Waals surface area (Å²) in [6.07, 6.45) is 1.71. The summed E-state index contributed by atoms with van der Waals surface area (Å²) >= 11 is 0. The first-order valence-corrected chi connectivity index (χ1v) is 13.4. The number of rotatable bonds is 5. The molecule has 4 aliphatic carbocycles. The van der Waals surface area contributed by atoms with E-state index in [-0.39, 0.29) is 36.4 Å². The number of aliphatic hydroxyl groups is 6. The highest BCUT2D eigenvalue weighted by molar-refractivity contribution is 5.95. The Balaban J connectivity index is 1.67. The lowest BCUT2D eigenvalue weighted by atomic mass is 9.45. The van der Waals surface area contributed by atoms with Gasteiger partial charge in [0.25, 0.3) is 0 Å². The Morgan fingerprint density at radius 3 is 2.29 bits per heavy atom. The third kappa shape index (κ3) is 3.88. The average Bonchev–Trinajstić information content (AvgIpc) is 3.01. The largest absolute Gasteiger partial charge is 0.390 e. The summed E-state index contributed by atoms with van der Waals surface area (Å²) in [6.45, 7) is 10.9. The van der Waals surface area contributed by atoms with Gasteiger partial charge in [-0.2, -0.15) is 0 Å². The van der Waals surface area contributed by atoms with Crippen molar-refractivity contribution >= 4 is 5.78 Å². The van der Waals surface area contributed by atoms with Crippen LogP contribution in [0.25, 0.3) is 0 Å². The molecule has 0 aliphatic heterocycles. The fraction of sp³-hybridized carbons (Fsp3) is 0.893. The highest BCUT2D eigenvalue weighted by Crippen LogP contribution is 2.68. The van der Waals surface area contributed by atoms with Crippen molar-refractivity contribution in [3.63, 3.8) is 0 Å². The molecule has 0 bridgehead atoms. The van der Waals surface area contributed by atoms with E-state index in [0.717, 1.165) is 0 Å². The number of ketones is 1. The number of carbonyl (C=O) groups is 1. The molecule has 0 aromatic rings. The Morgan fingerprint density at radius 1 is 1.06 bits per heavy atom. The summed E-state index contributed by atoms with van der Waals surface area (Å²) in [4.78, 5) is 13.3. The molecule has 0 aromatic carbocycles. The van der Waals surface area contributed by atoms with Crippen LogP contribution in [0.3, 0.4) is 0 Å². The lowest BCUT2D eigenvalue weighted by Crippen LogP contribution is -2.63. The summed E-state index contributed by atoms with van der Waals surface area (Å²) in [5.41, 5.74) is -4.35. The molecule has 3 saturated carbocycles. The molecule has 11 atom stereocenters. The zero-order valence-electron chi connectivity index (χ0n) is 22.2. The van der Waals surface area contributed by atoms with Gasteiger partial charge < -0.3 is 30.6 Å². The molecular weight excluding hydrogens is 448 g/mol. The molecule has 0 radical (unpaired) electrons. The van der Waals surface area contributed by atoms with Crippen LogP contribution in [0.5, 0.6) is 0 Å². The van der Waals surface area contributed by atoms with Crippen molar-refractivity contribution in [3.05, 3.63) is 11.6 Å². The van der Waals surface area contributed by atoms with Gasteiger partial charge in [-0.25, -0.2) is 0 Å². The lowest BCUT2D eigenvalue weighted by Gasteiger charge is -2.60. The molecule has 200 valence electrons. The lowest BCUT2D eigenvalue weighted by molar-refractivity contribution is -0.179. The summed E-state index contributed by atoms with van der Waals surface area (Å²) in [5, 5.41) is 66.1. The van der Waals surface area contributed by atoms with Gasteiger partial charge in [0, 0.05) is 11.3 Å². The second-order valence-corrected chi connectivity index (χ2v) is 13.6. The molecular formula is C28H46O7. The van der Waals surface area contributed by atoms with Gasteiger partial charge in [0.05, 0.1) is 35.1 Å². The highest BCUT2D eigenvalue weighted by Gasteiger charge is 2.69. The first-order chi connectivity index (χ1) is 15.9. The van der Waals surface area contributed by atoms with Crippen molar-refractivity contribution in [3.8, 4) is 0 Å². The van der Waals surface area contributed by atoms with E-state index in [1.54, 1.807) is 26.8 Å². The molecule has 35 heavy (non-hydrogen) atoms. The number of hydrogen-bond donors (Lipinski definition) is 6. The van der Waals surface area contributed by atoms with E-state index >= 15 is 0 Å². The minimum absolute atomic E-state index is 0.0887. The molecule has 4 rings (SSSR count). The molecule has 0 aromatic heterocycles. The molecule has 3 fully saturated rings. The maximum absolute atomic E-state index is 13.3. The first-order valence-electron chi connectivity index (χ1n) is 13.4. The maximum atomic E-state index is 13.3. The van der Waals surface area contributed by atoms with E-state index in [2.05, 4.69) is 0 Å². The number of carbonyl (C=O) groups excluding carboxylic acids is 1. The molecule has 7 nitrogen and oxygen atoms in total. The van der Waals surface area contributed by atoms with Gasteiger partial charge in [-0.15, -0.1) is 0 Å². The topological polar surface area (TPSA) is 138 Å². The van der Waals surface area contributed by atoms with Crippen molar-refractivity contribution in [2.24, 2.45) is 34.5 Å². The monoisotopic (exact) mass is 494 g/mol. The summed E-state index contributed by atoms with van der Waals surface area (Å²) in [6, 6.07) is 0. The van der Waals surface area contributed by atoms with Crippen LogP contribution < -0.4 is 0 Å². The molecule has 6 N–H and O–H groups in total. The molecule has 4 aliphatic rings. The minimum Gasteiger partial charge on any atom is -0.390 e. The predicted molar refractivity (Wildman–Crippen MR) is 131 cm³/mol. The Hall–Kier alpha value is -0.830. The van der Waals surface area contributed by atoms with Crippen molar-refractivity contribution < 1.29 is 35.4 Å². The molecule has 7 heteroatoms. The molecule has 0 heterocycles. The number of aliphatic hydroxyl groups excluding tert-OH is 3. The minimum atomic E-state index is -1.48. The maximum Gasteiger partial charge on any atom is 0.159 e. The molecule has 0 unspecified atom stereocenters. The summed E-state index contributed by atoms with van der Waals surface area (Å²) in [7, 11) is 0. The Kier molecular flexibility index (Phi) is 6.48. The zero-order chi connectivity index (χ0) is 26.4. The number of allylic oxidation sites excluding steroid dienone is 1. The Morgan fingerprint density at radius 2 is 1.69 bits per heavy atom. The standard InChI is InChI=1S/C28H46O7/c1-15(24(2,3)33)11-23(32)27(6,34)22-8-10-28(35)17-12-19(29)18-13-20(30)21(31)14-25(18,4)16(17)7-9-26(22,28)5/h12,15-16,18,20-23,30-35H,7-11,13-14H2,1-6H3/t15-,16-,18+,20-,21+,22+,23-,25-,26-,27-,28-/m1/s1. The zero-order valence-corrected chi connectivity index (χ0v) is 22.2. The van der Waals surface area contributed by atoms with Gasteiger partial charge in [-0.1, -0.05) is 20.8 Å². The van der Waals surface area contributed by atoms with E-state index in [4.69, 9.17) is 0 Å². The van der Waals surface area contributed by atoms with E-state index in [1.165, 1.54) is 0 Å². The van der Waals surface area contributed by atoms with Crippen LogP contribution in [0, 0.1) is 34.5 Å². The Bertz CT molecular complexity index is 890. The van der Waals surface area contributed by atoms with E-state index < -0.39 is 51.9 Å². The summed E-state index contributed by atoms with van der Waals surface area (Å²) < 4.78 is 0. The molecule has 0 saturated heterocycles. The van der Waals surface area contributed by atoms with Crippen LogP contribution in [-0.4, -0.2) is 71.5 Å². The quantitative estimate of drug-likeness (QED) is 0.344. The van der Waals surface area contributed by atoms with Crippen LogP contribution in [0.15, 0.2) is 11.6 Å². The van der Waals surface area contributed by atoms with Gasteiger partial charge >= 0.3 is 0 Å². The van der Waals surface area contributed by atoms with E-state index in [1.807, 2.05) is 20.8 Å². The SMILES string of the molecule is C[C@H](C[C@@H](O)[C@](C)(O)[C@H]1CC[C@@]2(O)C3=CC(=O)[C@@H]4C[C@@H](O)[C@@H](O)C[C@]4(C)[C@@H]3CC[C@]12C)C(C)(C)O. The van der Waals surface area contributed by atoms with Gasteiger partial charge in [0.1, 0.15) is 0 Å². The predicted octanol–water partition coefficient (Wildman–Crippen LogP) is 2.10. The fourth-order valence-electron chi connectivity index (χ4n) is 8.40. The first kappa shape index (κ1) is 27.2. The van der Waals surface area contributed by atoms with Crippen LogP contribution in [0.2, 0.25) is 0 Å². The van der Waals surface area contributed by atoms with Crippen LogP contribution in [0.1, 0.15) is 86.5 Å². The van der Waals surface area contributed by atoms with Gasteiger partial charge in [0.2, 0.25) is 0 Å². The van der Waals surface area contributed by atoms with Crippen molar-refractivity contribution in [2.75, 3.05) is 0 Å². The smallest absolute Gasteiger partial charge is 0.159 e. The van der Waals surface area contributed by atoms with E-state index in [9.17, 15) is 35.4 Å². The summed E-state index contributed by atoms with van der Waals surface area (Å²) in [5.74, 6) is -1.21. The van der Waals surface area contributed by atoms with Crippen molar-refractivity contribution in [2.45, 2.75) is 122 Å². The van der Waals surface area contributed by atoms with Crippen LogP contribution in [0.4, 0.5) is 0 Å². The van der Waals surface area contributed by atoms with Gasteiger partial charge in [-0.05, 0) is 101 Å². The Labute approximate surface area is 209 Å². The van der Waals surface area contributed by atoms with Crippen molar-refractivity contribution in [1.29, 1.82) is 0 Å². The van der Waals surface area contributed by atoms with E-state index in [0.29, 0.717) is 37.7 Å². The van der Waals surface area contributed by atoms with Gasteiger partial charge in [0.15, 0.2) is 5.78 Å². The van der Waals surface area contributed by atoms with Crippen LogP contribution in [-0.2, 0) is 4.79 Å². The highest BCUT2D eigenvalue weighted by atomic mass is 16.3. The third-order valence-electron chi connectivity index (χ3n) is 11.3. The van der Waals surface area contributed by atoms with Crippen LogP contribution >= 0.6 is 0 Å². The number of hydrogen-bond acceptors (Lipinski definition) is 7. The average molecular weight is 495 g/mol. The van der Waals surface area contributed by atoms with Crippen molar-refractivity contribution in [1.82, 2.24) is 0 Å². The molecule has 0 spiro atoms. The second-order valence-electron chi connectivity index (χ2n) is 13.6. The fourth-order valence-corrected chi connectivity index (χ4v) is 8.40.